The van der Waals surface area contributed by atoms with Crippen molar-refractivity contribution in [1.82, 2.24) is 0 Å². The largest absolute Gasteiger partial charge is 0.409 e. The molecule has 0 aromatic heterocycles. The monoisotopic (exact) mass is 299 g/mol. The van der Waals surface area contributed by atoms with Crippen molar-refractivity contribution in [1.29, 1.82) is 0 Å². The molecule has 1 aromatic rings. The maximum absolute atomic E-state index is 11.3. The van der Waals surface area contributed by atoms with Crippen molar-refractivity contribution in [3.8, 4) is 0 Å². The lowest BCUT2D eigenvalue weighted by atomic mass is 9.88. The molecule has 7 heteroatoms. The Balaban J connectivity index is 2.60. The molecule has 112 valence electrons. The highest BCUT2D eigenvalue weighted by Crippen LogP contribution is 2.21. The molecule has 6 nitrogen and oxygen atoms in total. The molecular formula is C13H21N3O3S. The summed E-state index contributed by atoms with van der Waals surface area (Å²) in [6.07, 6.45) is 1.85. The van der Waals surface area contributed by atoms with E-state index in [4.69, 9.17) is 10.9 Å². The van der Waals surface area contributed by atoms with E-state index in [0.29, 0.717) is 17.9 Å². The summed E-state index contributed by atoms with van der Waals surface area (Å²) in [6.45, 7) is 4.40. The first-order valence-electron chi connectivity index (χ1n) is 6.19. The molecule has 0 bridgehead atoms. The van der Waals surface area contributed by atoms with Gasteiger partial charge in [0, 0.05) is 23.9 Å². The third-order valence-corrected chi connectivity index (χ3v) is 4.29. The average molecular weight is 299 g/mol. The predicted molar refractivity (Wildman–Crippen MR) is 79.8 cm³/mol. The van der Waals surface area contributed by atoms with Crippen LogP contribution in [0.2, 0.25) is 0 Å². The van der Waals surface area contributed by atoms with Crippen molar-refractivity contribution in [2.45, 2.75) is 25.2 Å². The molecule has 0 aliphatic rings. The Morgan fingerprint density at radius 3 is 2.35 bits per heavy atom. The normalized spacial score (nSPS) is 13.2. The first kappa shape index (κ1) is 16.3. The van der Waals surface area contributed by atoms with Crippen LogP contribution < -0.4 is 11.1 Å². The van der Waals surface area contributed by atoms with E-state index in [2.05, 4.69) is 10.5 Å². The maximum Gasteiger partial charge on any atom is 0.175 e. The summed E-state index contributed by atoms with van der Waals surface area (Å²) in [5, 5.41) is 14.9. The number of nitrogens with zero attached hydrogens (tertiary/aromatic N) is 1. The molecule has 4 N–H and O–H groups in total. The Hall–Kier alpha value is -1.76. The zero-order valence-electron chi connectivity index (χ0n) is 11.9. The van der Waals surface area contributed by atoms with Crippen LogP contribution in [0.5, 0.6) is 0 Å². The van der Waals surface area contributed by atoms with Crippen LogP contribution >= 0.6 is 0 Å². The Morgan fingerprint density at radius 1 is 1.35 bits per heavy atom. The van der Waals surface area contributed by atoms with Gasteiger partial charge in [0.15, 0.2) is 9.84 Å². The van der Waals surface area contributed by atoms with Gasteiger partial charge in [-0.3, -0.25) is 0 Å². The lowest BCUT2D eigenvalue weighted by molar-refractivity contribution is 0.306. The van der Waals surface area contributed by atoms with Gasteiger partial charge in [-0.15, -0.1) is 0 Å². The minimum absolute atomic E-state index is 0.187. The van der Waals surface area contributed by atoms with Crippen molar-refractivity contribution in [3.63, 3.8) is 0 Å². The Kier molecular flexibility index (Phi) is 4.99. The van der Waals surface area contributed by atoms with Crippen LogP contribution in [0.15, 0.2) is 34.3 Å². The number of rotatable bonds is 6. The highest BCUT2D eigenvalue weighted by molar-refractivity contribution is 7.90. The standard InChI is InChI=1S/C13H21N3O3S/c1-13(2,12(14)16-17)8-9-15-10-4-6-11(7-5-10)20(3,18)19/h4-7,15,17H,8-9H2,1-3H3,(H2,14,16). The topological polar surface area (TPSA) is 105 Å². The van der Waals surface area contributed by atoms with Gasteiger partial charge >= 0.3 is 0 Å². The van der Waals surface area contributed by atoms with E-state index in [0.717, 1.165) is 5.69 Å². The molecule has 0 radical (unpaired) electrons. The van der Waals surface area contributed by atoms with Crippen LogP contribution in [0, 0.1) is 5.41 Å². The van der Waals surface area contributed by atoms with Crippen molar-refractivity contribution >= 4 is 21.4 Å². The number of hydrogen-bond donors (Lipinski definition) is 3. The van der Waals surface area contributed by atoms with Gasteiger partial charge in [-0.2, -0.15) is 0 Å². The van der Waals surface area contributed by atoms with E-state index in [9.17, 15) is 8.42 Å². The number of amidine groups is 1. The summed E-state index contributed by atoms with van der Waals surface area (Å²) in [5.41, 5.74) is 6.02. The van der Waals surface area contributed by atoms with Gasteiger partial charge in [0.1, 0.15) is 5.84 Å². The van der Waals surface area contributed by atoms with E-state index in [-0.39, 0.29) is 5.84 Å². The summed E-state index contributed by atoms with van der Waals surface area (Å²) in [7, 11) is -3.17. The second-order valence-corrected chi connectivity index (χ2v) is 7.36. The van der Waals surface area contributed by atoms with E-state index >= 15 is 0 Å². The molecule has 0 spiro atoms. The van der Waals surface area contributed by atoms with Gasteiger partial charge < -0.3 is 16.3 Å². The highest BCUT2D eigenvalue weighted by atomic mass is 32.2. The quantitative estimate of drug-likeness (QED) is 0.321. The minimum atomic E-state index is -3.17. The second kappa shape index (κ2) is 6.13. The molecule has 20 heavy (non-hydrogen) atoms. The molecule has 0 heterocycles. The summed E-state index contributed by atoms with van der Waals surface area (Å²) in [5.74, 6) is 0.187. The predicted octanol–water partition coefficient (Wildman–Crippen LogP) is 1.66. The number of nitrogens with two attached hydrogens (primary N) is 1. The first-order chi connectivity index (χ1) is 9.16. The Labute approximate surface area is 119 Å². The molecule has 0 atom stereocenters. The lowest BCUT2D eigenvalue weighted by Crippen LogP contribution is -2.33. The van der Waals surface area contributed by atoms with Crippen molar-refractivity contribution in [2.75, 3.05) is 18.1 Å². The summed E-state index contributed by atoms with van der Waals surface area (Å²) in [6, 6.07) is 6.55. The zero-order valence-corrected chi connectivity index (χ0v) is 12.7. The summed E-state index contributed by atoms with van der Waals surface area (Å²) < 4.78 is 22.7. The SMILES string of the molecule is CC(C)(CCNc1ccc(S(C)(=O)=O)cc1)C(N)=NO. The smallest absolute Gasteiger partial charge is 0.175 e. The number of hydrogen-bond acceptors (Lipinski definition) is 5. The molecule has 0 aliphatic carbocycles. The molecule has 0 unspecified atom stereocenters. The van der Waals surface area contributed by atoms with Gasteiger partial charge in [0.05, 0.1) is 4.90 Å². The van der Waals surface area contributed by atoms with Gasteiger partial charge in [-0.05, 0) is 30.7 Å². The van der Waals surface area contributed by atoms with Crippen LogP contribution in [-0.2, 0) is 9.84 Å². The van der Waals surface area contributed by atoms with Crippen LogP contribution in [0.4, 0.5) is 5.69 Å². The maximum atomic E-state index is 11.3. The van der Waals surface area contributed by atoms with Crippen molar-refractivity contribution < 1.29 is 13.6 Å². The third-order valence-electron chi connectivity index (χ3n) is 3.16. The summed E-state index contributed by atoms with van der Waals surface area (Å²) >= 11 is 0. The van der Waals surface area contributed by atoms with Gasteiger partial charge in [-0.25, -0.2) is 8.42 Å². The number of benzene rings is 1. The van der Waals surface area contributed by atoms with Gasteiger partial charge in [0.25, 0.3) is 0 Å². The number of anilines is 1. The fourth-order valence-electron chi connectivity index (χ4n) is 1.60. The molecule has 0 saturated carbocycles. The van der Waals surface area contributed by atoms with Crippen LogP contribution in [-0.4, -0.2) is 32.3 Å². The van der Waals surface area contributed by atoms with E-state index in [1.165, 1.54) is 6.26 Å². The second-order valence-electron chi connectivity index (χ2n) is 5.34. The van der Waals surface area contributed by atoms with Crippen molar-refractivity contribution in [3.05, 3.63) is 24.3 Å². The van der Waals surface area contributed by atoms with Crippen LogP contribution in [0.25, 0.3) is 0 Å². The van der Waals surface area contributed by atoms with E-state index < -0.39 is 15.3 Å². The fraction of sp³-hybridized carbons (Fsp3) is 0.462. The van der Waals surface area contributed by atoms with Gasteiger partial charge in [0.2, 0.25) is 0 Å². The highest BCUT2D eigenvalue weighted by Gasteiger charge is 2.22. The number of oxime groups is 1. The molecular weight excluding hydrogens is 278 g/mol. The third kappa shape index (κ3) is 4.41. The van der Waals surface area contributed by atoms with E-state index in [1.807, 2.05) is 13.8 Å². The first-order valence-corrected chi connectivity index (χ1v) is 8.08. The Bertz CT molecular complexity index is 577. The van der Waals surface area contributed by atoms with Crippen LogP contribution in [0.3, 0.4) is 0 Å². The van der Waals surface area contributed by atoms with Crippen LogP contribution in [0.1, 0.15) is 20.3 Å². The zero-order chi connectivity index (χ0) is 15.4. The minimum Gasteiger partial charge on any atom is -0.409 e. The Morgan fingerprint density at radius 2 is 1.90 bits per heavy atom. The fourth-order valence-corrected chi connectivity index (χ4v) is 2.23. The molecule has 0 aliphatic heterocycles. The molecule has 1 aromatic carbocycles. The van der Waals surface area contributed by atoms with Crippen molar-refractivity contribution in [2.24, 2.45) is 16.3 Å². The summed E-state index contributed by atoms with van der Waals surface area (Å²) in [4.78, 5) is 0.292. The molecule has 0 amide bonds. The molecule has 0 saturated heterocycles. The lowest BCUT2D eigenvalue weighted by Gasteiger charge is -2.23. The average Bonchev–Trinajstić information content (AvgIpc) is 2.37. The van der Waals surface area contributed by atoms with Gasteiger partial charge in [-0.1, -0.05) is 19.0 Å². The number of nitrogens with one attached hydrogen (secondary N) is 1. The molecule has 1 rings (SSSR count). The molecule has 0 fully saturated rings. The number of sulfone groups is 1. The van der Waals surface area contributed by atoms with E-state index in [1.54, 1.807) is 24.3 Å².